The molecule has 1 saturated heterocycles. The number of piperidine rings is 1. The van der Waals surface area contributed by atoms with Crippen LogP contribution in [0.25, 0.3) is 0 Å². The molecule has 27 heavy (non-hydrogen) atoms. The van der Waals surface area contributed by atoms with Crippen molar-refractivity contribution in [1.82, 2.24) is 20.3 Å². The molecule has 9 nitrogen and oxygen atoms in total. The molecule has 0 aliphatic carbocycles. The number of ether oxygens (including phenoxy) is 2. The van der Waals surface area contributed by atoms with E-state index in [0.29, 0.717) is 17.1 Å². The summed E-state index contributed by atoms with van der Waals surface area (Å²) in [4.78, 5) is 23.8. The molecule has 2 heterocycles. The highest BCUT2D eigenvalue weighted by atomic mass is 16.6. The summed E-state index contributed by atoms with van der Waals surface area (Å²) in [6.45, 7) is 3.53. The smallest absolute Gasteiger partial charge is 0.343 e. The van der Waals surface area contributed by atoms with Gasteiger partial charge in [-0.2, -0.15) is 0 Å². The van der Waals surface area contributed by atoms with Gasteiger partial charge < -0.3 is 20.1 Å². The van der Waals surface area contributed by atoms with Crippen LogP contribution in [0.15, 0.2) is 24.3 Å². The number of esters is 1. The van der Waals surface area contributed by atoms with E-state index >= 15 is 0 Å². The average Bonchev–Trinajstić information content (AvgIpc) is 3.08. The molecule has 1 fully saturated rings. The van der Waals surface area contributed by atoms with Gasteiger partial charge in [-0.1, -0.05) is 11.3 Å². The number of methoxy groups -OCH3 is 1. The second-order valence-corrected chi connectivity index (χ2v) is 6.30. The molecule has 1 aliphatic rings. The van der Waals surface area contributed by atoms with Gasteiger partial charge in [0.25, 0.3) is 5.91 Å². The Hall–Kier alpha value is -2.94. The molecule has 9 heteroatoms. The summed E-state index contributed by atoms with van der Waals surface area (Å²) in [5.41, 5.74) is 1.59. The summed E-state index contributed by atoms with van der Waals surface area (Å²) >= 11 is 0. The molecule has 2 aromatic rings. The number of amides is 1. The molecule has 0 spiro atoms. The summed E-state index contributed by atoms with van der Waals surface area (Å²) in [5, 5.41) is 14.4. The van der Waals surface area contributed by atoms with Crippen LogP contribution in [0.4, 0.5) is 5.69 Å². The third-order valence-electron chi connectivity index (χ3n) is 4.47. The Balaban J connectivity index is 1.67. The Morgan fingerprint density at radius 3 is 2.85 bits per heavy atom. The van der Waals surface area contributed by atoms with Crippen LogP contribution >= 0.6 is 0 Å². The third kappa shape index (κ3) is 4.62. The maximum absolute atomic E-state index is 12.6. The minimum absolute atomic E-state index is 0.197. The Labute approximate surface area is 157 Å². The van der Waals surface area contributed by atoms with Crippen LogP contribution in [0.3, 0.4) is 0 Å². The summed E-state index contributed by atoms with van der Waals surface area (Å²) in [7, 11) is 1.29. The van der Waals surface area contributed by atoms with Gasteiger partial charge in [-0.25, -0.2) is 9.48 Å². The number of hydrogen-bond acceptors (Lipinski definition) is 7. The van der Waals surface area contributed by atoms with Gasteiger partial charge in [-0.3, -0.25) is 4.79 Å². The normalized spacial score (nSPS) is 14.6. The number of nitrogens with zero attached hydrogens (tertiary/aromatic N) is 3. The zero-order valence-corrected chi connectivity index (χ0v) is 15.4. The lowest BCUT2D eigenvalue weighted by Crippen LogP contribution is -2.30. The highest BCUT2D eigenvalue weighted by molar-refractivity contribution is 6.03. The predicted octanol–water partition coefficient (Wildman–Crippen LogP) is 1.32. The zero-order valence-electron chi connectivity index (χ0n) is 15.4. The zero-order chi connectivity index (χ0) is 19.2. The molecule has 0 saturated carbocycles. The second-order valence-electron chi connectivity index (χ2n) is 6.30. The van der Waals surface area contributed by atoms with Crippen molar-refractivity contribution >= 4 is 17.6 Å². The average molecular weight is 373 g/mol. The SMILES string of the molecule is COC(=O)COc1cccc(NC(=O)c2nnn(C3CCNCC3)c2C)c1. The van der Waals surface area contributed by atoms with Gasteiger partial charge in [-0.05, 0) is 45.0 Å². The summed E-state index contributed by atoms with van der Waals surface area (Å²) in [6.07, 6.45) is 1.93. The number of benzene rings is 1. The van der Waals surface area contributed by atoms with Gasteiger partial charge in [0.15, 0.2) is 12.3 Å². The van der Waals surface area contributed by atoms with E-state index in [1.807, 2.05) is 11.6 Å². The molecule has 144 valence electrons. The molecular formula is C18H23N5O4. The quantitative estimate of drug-likeness (QED) is 0.735. The summed E-state index contributed by atoms with van der Waals surface area (Å²) in [6, 6.07) is 7.04. The van der Waals surface area contributed by atoms with Gasteiger partial charge in [-0.15, -0.1) is 5.10 Å². The molecular weight excluding hydrogens is 350 g/mol. The summed E-state index contributed by atoms with van der Waals surface area (Å²) < 4.78 is 11.7. The molecule has 0 unspecified atom stereocenters. The molecule has 0 bridgehead atoms. The Morgan fingerprint density at radius 2 is 2.11 bits per heavy atom. The lowest BCUT2D eigenvalue weighted by atomic mass is 10.1. The maximum Gasteiger partial charge on any atom is 0.343 e. The van der Waals surface area contributed by atoms with Gasteiger partial charge in [0, 0.05) is 11.8 Å². The minimum Gasteiger partial charge on any atom is -0.482 e. The van der Waals surface area contributed by atoms with Crippen molar-refractivity contribution in [1.29, 1.82) is 0 Å². The number of carbonyl (C=O) groups excluding carboxylic acids is 2. The molecule has 0 radical (unpaired) electrons. The van der Waals surface area contributed by atoms with Crippen molar-refractivity contribution in [2.75, 3.05) is 32.1 Å². The number of carbonyl (C=O) groups is 2. The number of hydrogen-bond donors (Lipinski definition) is 2. The van der Waals surface area contributed by atoms with Crippen molar-refractivity contribution in [3.8, 4) is 5.75 Å². The van der Waals surface area contributed by atoms with Gasteiger partial charge in [0.1, 0.15) is 5.75 Å². The molecule has 3 rings (SSSR count). The van der Waals surface area contributed by atoms with Crippen LogP contribution < -0.4 is 15.4 Å². The van der Waals surface area contributed by atoms with Crippen LogP contribution in [-0.2, 0) is 9.53 Å². The van der Waals surface area contributed by atoms with Crippen LogP contribution in [0.1, 0.15) is 35.1 Å². The number of rotatable bonds is 6. The topological polar surface area (TPSA) is 107 Å². The van der Waals surface area contributed by atoms with Gasteiger partial charge in [0.2, 0.25) is 0 Å². The van der Waals surface area contributed by atoms with Crippen LogP contribution in [0.2, 0.25) is 0 Å². The van der Waals surface area contributed by atoms with Crippen LogP contribution in [-0.4, -0.2) is 53.7 Å². The first kappa shape index (κ1) is 18.8. The largest absolute Gasteiger partial charge is 0.482 e. The molecule has 1 aromatic carbocycles. The van der Waals surface area contributed by atoms with Crippen molar-refractivity contribution in [3.63, 3.8) is 0 Å². The first-order chi connectivity index (χ1) is 13.1. The Bertz CT molecular complexity index is 814. The van der Waals surface area contributed by atoms with Crippen LogP contribution in [0.5, 0.6) is 5.75 Å². The fourth-order valence-corrected chi connectivity index (χ4v) is 3.00. The second kappa shape index (κ2) is 8.63. The number of anilines is 1. The van der Waals surface area contributed by atoms with E-state index in [9.17, 15) is 9.59 Å². The Kier molecular flexibility index (Phi) is 6.02. The van der Waals surface area contributed by atoms with E-state index in [1.165, 1.54) is 7.11 Å². The first-order valence-corrected chi connectivity index (χ1v) is 8.82. The fraction of sp³-hybridized carbons (Fsp3) is 0.444. The third-order valence-corrected chi connectivity index (χ3v) is 4.47. The van der Waals surface area contributed by atoms with E-state index < -0.39 is 5.97 Å². The number of aromatic nitrogens is 3. The molecule has 2 N–H and O–H groups in total. The minimum atomic E-state index is -0.477. The summed E-state index contributed by atoms with van der Waals surface area (Å²) in [5.74, 6) is -0.360. The van der Waals surface area contributed by atoms with E-state index in [2.05, 4.69) is 25.7 Å². The lowest BCUT2D eigenvalue weighted by Gasteiger charge is -2.23. The first-order valence-electron chi connectivity index (χ1n) is 8.82. The molecule has 0 atom stereocenters. The van der Waals surface area contributed by atoms with E-state index in [1.54, 1.807) is 24.3 Å². The van der Waals surface area contributed by atoms with E-state index in [-0.39, 0.29) is 18.6 Å². The standard InChI is InChI=1S/C18H23N5O4/c1-12-17(21-22-23(12)14-6-8-19-9-7-14)18(25)20-13-4-3-5-15(10-13)27-11-16(24)26-2/h3-5,10,14,19H,6-9,11H2,1-2H3,(H,20,25). The van der Waals surface area contributed by atoms with Gasteiger partial charge in [0.05, 0.1) is 18.8 Å². The molecule has 1 aromatic heterocycles. The molecule has 1 amide bonds. The van der Waals surface area contributed by atoms with Crippen LogP contribution in [0, 0.1) is 6.92 Å². The van der Waals surface area contributed by atoms with Crippen molar-refractivity contribution in [2.45, 2.75) is 25.8 Å². The lowest BCUT2D eigenvalue weighted by molar-refractivity contribution is -0.142. The fourth-order valence-electron chi connectivity index (χ4n) is 3.00. The van der Waals surface area contributed by atoms with Gasteiger partial charge >= 0.3 is 5.97 Å². The Morgan fingerprint density at radius 1 is 1.33 bits per heavy atom. The predicted molar refractivity (Wildman–Crippen MR) is 97.8 cm³/mol. The number of nitrogens with one attached hydrogen (secondary N) is 2. The highest BCUT2D eigenvalue weighted by Gasteiger charge is 2.23. The highest BCUT2D eigenvalue weighted by Crippen LogP contribution is 2.22. The van der Waals surface area contributed by atoms with E-state index in [4.69, 9.17) is 4.74 Å². The molecule has 1 aliphatic heterocycles. The monoisotopic (exact) mass is 373 g/mol. The van der Waals surface area contributed by atoms with Crippen molar-refractivity contribution in [3.05, 3.63) is 35.7 Å². The van der Waals surface area contributed by atoms with E-state index in [0.717, 1.165) is 31.6 Å². The van der Waals surface area contributed by atoms with Crippen molar-refractivity contribution in [2.24, 2.45) is 0 Å². The maximum atomic E-state index is 12.6. The van der Waals surface area contributed by atoms with Crippen molar-refractivity contribution < 1.29 is 19.1 Å².